The Labute approximate surface area is 92.5 Å². The molecule has 1 atom stereocenters. The molecule has 82 valence electrons. The fraction of sp³-hybridized carbons (Fsp3) is 0.500. The molecule has 0 heterocycles. The maximum Gasteiger partial charge on any atom is 0.123 e. The van der Waals surface area contributed by atoms with Crippen molar-refractivity contribution in [3.8, 4) is 0 Å². The standard InChI is InChI=1S/C14H20O/c1-11-5-7-12(8-6-11)9-13(10-15)14(2,3)4/h5-8,10,13H,9H2,1-4H3. The third kappa shape index (κ3) is 3.50. The van der Waals surface area contributed by atoms with Crippen LogP contribution in [0.3, 0.4) is 0 Å². The summed E-state index contributed by atoms with van der Waals surface area (Å²) in [5, 5.41) is 0. The molecule has 0 aromatic heterocycles. The van der Waals surface area contributed by atoms with Crippen LogP contribution in [0.5, 0.6) is 0 Å². The lowest BCUT2D eigenvalue weighted by Gasteiger charge is -2.25. The Kier molecular flexibility index (Phi) is 3.67. The van der Waals surface area contributed by atoms with E-state index in [2.05, 4.69) is 52.0 Å². The van der Waals surface area contributed by atoms with Crippen LogP contribution in [0.1, 0.15) is 31.9 Å². The molecule has 1 nitrogen and oxygen atoms in total. The molecule has 1 unspecified atom stereocenters. The van der Waals surface area contributed by atoms with Gasteiger partial charge in [0, 0.05) is 5.92 Å². The number of aryl methyl sites for hydroxylation is 1. The summed E-state index contributed by atoms with van der Waals surface area (Å²) in [7, 11) is 0. The summed E-state index contributed by atoms with van der Waals surface area (Å²) >= 11 is 0. The van der Waals surface area contributed by atoms with Crippen molar-refractivity contribution in [2.75, 3.05) is 0 Å². The van der Waals surface area contributed by atoms with Gasteiger partial charge in [-0.25, -0.2) is 0 Å². The van der Waals surface area contributed by atoms with E-state index in [-0.39, 0.29) is 11.3 Å². The molecule has 0 aliphatic carbocycles. The summed E-state index contributed by atoms with van der Waals surface area (Å²) in [6.45, 7) is 8.41. The quantitative estimate of drug-likeness (QED) is 0.690. The van der Waals surface area contributed by atoms with Crippen molar-refractivity contribution in [3.05, 3.63) is 35.4 Å². The monoisotopic (exact) mass is 204 g/mol. The average Bonchev–Trinajstić information content (AvgIpc) is 2.15. The van der Waals surface area contributed by atoms with Gasteiger partial charge in [0.1, 0.15) is 6.29 Å². The molecule has 0 spiro atoms. The van der Waals surface area contributed by atoms with E-state index < -0.39 is 0 Å². The Morgan fingerprint density at radius 1 is 1.20 bits per heavy atom. The van der Waals surface area contributed by atoms with Gasteiger partial charge in [-0.2, -0.15) is 0 Å². The zero-order valence-corrected chi connectivity index (χ0v) is 10.1. The molecule has 0 saturated carbocycles. The predicted octanol–water partition coefficient (Wildman–Crippen LogP) is 3.40. The van der Waals surface area contributed by atoms with Crippen LogP contribution in [0, 0.1) is 18.3 Å². The number of carbonyl (C=O) groups is 1. The second-order valence-electron chi connectivity index (χ2n) is 5.30. The molecule has 0 saturated heterocycles. The molecule has 1 aromatic carbocycles. The molecule has 15 heavy (non-hydrogen) atoms. The number of hydrogen-bond donors (Lipinski definition) is 0. The summed E-state index contributed by atoms with van der Waals surface area (Å²) in [6.07, 6.45) is 1.92. The Bertz CT molecular complexity index is 316. The maximum atomic E-state index is 11.0. The molecule has 0 fully saturated rings. The van der Waals surface area contributed by atoms with Gasteiger partial charge in [0.25, 0.3) is 0 Å². The molecule has 0 amide bonds. The molecular formula is C14H20O. The van der Waals surface area contributed by atoms with Crippen LogP contribution in [0.4, 0.5) is 0 Å². The Morgan fingerprint density at radius 2 is 1.73 bits per heavy atom. The van der Waals surface area contributed by atoms with Crippen LogP contribution in [0.15, 0.2) is 24.3 Å². The van der Waals surface area contributed by atoms with Crippen LogP contribution in [0.2, 0.25) is 0 Å². The van der Waals surface area contributed by atoms with Crippen molar-refractivity contribution in [2.24, 2.45) is 11.3 Å². The summed E-state index contributed by atoms with van der Waals surface area (Å²) < 4.78 is 0. The van der Waals surface area contributed by atoms with Crippen LogP contribution in [0.25, 0.3) is 0 Å². The number of hydrogen-bond acceptors (Lipinski definition) is 1. The minimum atomic E-state index is 0.0483. The third-order valence-electron chi connectivity index (χ3n) is 2.85. The van der Waals surface area contributed by atoms with E-state index in [0.29, 0.717) is 0 Å². The normalized spacial score (nSPS) is 13.6. The highest BCUT2D eigenvalue weighted by Crippen LogP contribution is 2.27. The number of carbonyl (C=O) groups excluding carboxylic acids is 1. The van der Waals surface area contributed by atoms with Gasteiger partial charge in [0.05, 0.1) is 0 Å². The lowest BCUT2D eigenvalue weighted by molar-refractivity contribution is -0.113. The van der Waals surface area contributed by atoms with Crippen molar-refractivity contribution in [3.63, 3.8) is 0 Å². The largest absolute Gasteiger partial charge is 0.303 e. The Balaban J connectivity index is 2.76. The lowest BCUT2D eigenvalue weighted by Crippen LogP contribution is -2.23. The molecule has 0 N–H and O–H groups in total. The number of aldehydes is 1. The predicted molar refractivity (Wildman–Crippen MR) is 63.9 cm³/mol. The maximum absolute atomic E-state index is 11.0. The van der Waals surface area contributed by atoms with Gasteiger partial charge >= 0.3 is 0 Å². The van der Waals surface area contributed by atoms with Crippen LogP contribution in [-0.2, 0) is 11.2 Å². The van der Waals surface area contributed by atoms with Crippen molar-refractivity contribution in [2.45, 2.75) is 34.1 Å². The lowest BCUT2D eigenvalue weighted by atomic mass is 9.78. The average molecular weight is 204 g/mol. The van der Waals surface area contributed by atoms with Crippen molar-refractivity contribution >= 4 is 6.29 Å². The van der Waals surface area contributed by atoms with E-state index in [4.69, 9.17) is 0 Å². The van der Waals surface area contributed by atoms with Crippen molar-refractivity contribution < 1.29 is 4.79 Å². The van der Waals surface area contributed by atoms with Gasteiger partial charge in [-0.15, -0.1) is 0 Å². The highest BCUT2D eigenvalue weighted by atomic mass is 16.1. The van der Waals surface area contributed by atoms with E-state index in [1.807, 2.05) is 0 Å². The first-order valence-electron chi connectivity index (χ1n) is 5.44. The first kappa shape index (κ1) is 12.0. The fourth-order valence-electron chi connectivity index (χ4n) is 1.54. The minimum absolute atomic E-state index is 0.0483. The second kappa shape index (κ2) is 4.61. The first-order valence-corrected chi connectivity index (χ1v) is 5.44. The van der Waals surface area contributed by atoms with E-state index in [9.17, 15) is 4.79 Å². The van der Waals surface area contributed by atoms with E-state index in [0.717, 1.165) is 12.7 Å². The zero-order chi connectivity index (χ0) is 11.5. The first-order chi connectivity index (χ1) is 6.93. The van der Waals surface area contributed by atoms with Gasteiger partial charge in [-0.05, 0) is 24.3 Å². The van der Waals surface area contributed by atoms with Gasteiger partial charge in [0.15, 0.2) is 0 Å². The Hall–Kier alpha value is -1.11. The van der Waals surface area contributed by atoms with Crippen LogP contribution in [-0.4, -0.2) is 6.29 Å². The minimum Gasteiger partial charge on any atom is -0.303 e. The smallest absolute Gasteiger partial charge is 0.123 e. The molecule has 0 aliphatic rings. The van der Waals surface area contributed by atoms with E-state index in [1.54, 1.807) is 0 Å². The summed E-state index contributed by atoms with van der Waals surface area (Å²) in [5.41, 5.74) is 2.55. The van der Waals surface area contributed by atoms with Crippen molar-refractivity contribution in [1.29, 1.82) is 0 Å². The highest BCUT2D eigenvalue weighted by Gasteiger charge is 2.23. The summed E-state index contributed by atoms with van der Waals surface area (Å²) in [5.74, 6) is 0.0974. The fourth-order valence-corrected chi connectivity index (χ4v) is 1.54. The SMILES string of the molecule is Cc1ccc(CC(C=O)C(C)(C)C)cc1. The van der Waals surface area contributed by atoms with Crippen LogP contribution < -0.4 is 0 Å². The van der Waals surface area contributed by atoms with Gasteiger partial charge in [0.2, 0.25) is 0 Å². The van der Waals surface area contributed by atoms with E-state index in [1.165, 1.54) is 11.1 Å². The number of rotatable bonds is 3. The topological polar surface area (TPSA) is 17.1 Å². The molecule has 0 aliphatic heterocycles. The van der Waals surface area contributed by atoms with E-state index >= 15 is 0 Å². The van der Waals surface area contributed by atoms with Gasteiger partial charge in [-0.1, -0.05) is 50.6 Å². The Morgan fingerprint density at radius 3 is 2.13 bits per heavy atom. The van der Waals surface area contributed by atoms with Crippen molar-refractivity contribution in [1.82, 2.24) is 0 Å². The molecule has 1 aromatic rings. The molecule has 0 bridgehead atoms. The third-order valence-corrected chi connectivity index (χ3v) is 2.85. The van der Waals surface area contributed by atoms with Crippen LogP contribution >= 0.6 is 0 Å². The van der Waals surface area contributed by atoms with Gasteiger partial charge < -0.3 is 4.79 Å². The highest BCUT2D eigenvalue weighted by molar-refractivity contribution is 5.55. The summed E-state index contributed by atoms with van der Waals surface area (Å²) in [4.78, 5) is 11.0. The second-order valence-corrected chi connectivity index (χ2v) is 5.30. The molecule has 1 rings (SSSR count). The molecule has 1 heteroatoms. The van der Waals surface area contributed by atoms with Gasteiger partial charge in [-0.3, -0.25) is 0 Å². The zero-order valence-electron chi connectivity index (χ0n) is 10.1. The summed E-state index contributed by atoms with van der Waals surface area (Å²) in [6, 6.07) is 8.41. The number of benzene rings is 1. The molecular weight excluding hydrogens is 184 g/mol. The molecule has 0 radical (unpaired) electrons.